The predicted octanol–water partition coefficient (Wildman–Crippen LogP) is 2.67. The lowest BCUT2D eigenvalue weighted by Crippen LogP contribution is -2.19. The molecule has 0 aliphatic heterocycles. The minimum Gasteiger partial charge on any atom is -0.386 e. The maximum Gasteiger partial charge on any atom is 0.0797 e. The van der Waals surface area contributed by atoms with Crippen LogP contribution in [-0.2, 0) is 0 Å². The van der Waals surface area contributed by atoms with E-state index in [1.807, 2.05) is 6.92 Å². The van der Waals surface area contributed by atoms with E-state index in [-0.39, 0.29) is 0 Å². The molecule has 0 saturated heterocycles. The number of allylic oxidation sites excluding steroid dienone is 1. The Balaban J connectivity index is 3.53. The summed E-state index contributed by atoms with van der Waals surface area (Å²) >= 11 is 0. The van der Waals surface area contributed by atoms with E-state index in [1.165, 1.54) is 5.57 Å². The third-order valence-corrected chi connectivity index (χ3v) is 1.73. The van der Waals surface area contributed by atoms with Crippen LogP contribution in [0.4, 0.5) is 0 Å². The maximum absolute atomic E-state index is 9.49. The fourth-order valence-electron chi connectivity index (χ4n) is 0.850. The highest BCUT2D eigenvalue weighted by atomic mass is 16.3. The molecule has 64 valence electrons. The number of hydrogen-bond donors (Lipinski definition) is 1. The minimum atomic E-state index is -0.699. The first-order valence-electron chi connectivity index (χ1n) is 3.98. The molecule has 0 radical (unpaired) electrons. The third kappa shape index (κ3) is 5.86. The summed E-state index contributed by atoms with van der Waals surface area (Å²) in [6.45, 7) is 11.1. The van der Waals surface area contributed by atoms with Gasteiger partial charge in [0, 0.05) is 0 Å². The van der Waals surface area contributed by atoms with Crippen molar-refractivity contribution in [2.45, 2.75) is 38.7 Å². The van der Waals surface area contributed by atoms with Crippen molar-refractivity contribution in [1.82, 2.24) is 0 Å². The van der Waals surface area contributed by atoms with Gasteiger partial charge in [0.25, 0.3) is 0 Å². The fourth-order valence-corrected chi connectivity index (χ4v) is 0.850. The van der Waals surface area contributed by atoms with Crippen molar-refractivity contribution in [3.63, 3.8) is 0 Å². The standard InChI is InChI=1S/C10H18O/c1-5-10(4,11)8-6-7-9(2)3/h5,11H,1-2,6-8H2,3-4H3/t10-/m1/s1. The molecule has 0 saturated carbocycles. The molecule has 0 fully saturated rings. The van der Waals surface area contributed by atoms with Crippen molar-refractivity contribution in [3.8, 4) is 0 Å². The Morgan fingerprint density at radius 3 is 2.55 bits per heavy atom. The average Bonchev–Trinajstić information content (AvgIpc) is 1.87. The first-order valence-corrected chi connectivity index (χ1v) is 3.98. The molecule has 0 amide bonds. The van der Waals surface area contributed by atoms with Crippen LogP contribution in [-0.4, -0.2) is 10.7 Å². The van der Waals surface area contributed by atoms with Gasteiger partial charge in [-0.1, -0.05) is 11.6 Å². The molecule has 0 rings (SSSR count). The van der Waals surface area contributed by atoms with E-state index in [2.05, 4.69) is 13.2 Å². The smallest absolute Gasteiger partial charge is 0.0797 e. The van der Waals surface area contributed by atoms with Gasteiger partial charge < -0.3 is 5.11 Å². The van der Waals surface area contributed by atoms with E-state index in [4.69, 9.17) is 0 Å². The molecule has 1 nitrogen and oxygen atoms in total. The molecule has 0 aromatic carbocycles. The lowest BCUT2D eigenvalue weighted by atomic mass is 9.98. The van der Waals surface area contributed by atoms with Gasteiger partial charge in [-0.05, 0) is 33.1 Å². The SMILES string of the molecule is C=C[C@@](C)(O)CCCC(=C)C. The average molecular weight is 154 g/mol. The third-order valence-electron chi connectivity index (χ3n) is 1.73. The molecule has 0 aliphatic rings. The van der Waals surface area contributed by atoms with Crippen LogP contribution in [0.5, 0.6) is 0 Å². The molecule has 0 bridgehead atoms. The second kappa shape index (κ2) is 4.35. The van der Waals surface area contributed by atoms with Crippen LogP contribution in [0.25, 0.3) is 0 Å². The molecule has 1 N–H and O–H groups in total. The Morgan fingerprint density at radius 1 is 1.64 bits per heavy atom. The van der Waals surface area contributed by atoms with Crippen LogP contribution in [0, 0.1) is 0 Å². The van der Waals surface area contributed by atoms with Crippen LogP contribution in [0.15, 0.2) is 24.8 Å². The normalized spacial score (nSPS) is 15.5. The van der Waals surface area contributed by atoms with E-state index in [1.54, 1.807) is 13.0 Å². The van der Waals surface area contributed by atoms with E-state index in [0.29, 0.717) is 0 Å². The summed E-state index contributed by atoms with van der Waals surface area (Å²) in [5.74, 6) is 0. The van der Waals surface area contributed by atoms with Crippen molar-refractivity contribution in [3.05, 3.63) is 24.8 Å². The zero-order valence-electron chi connectivity index (χ0n) is 7.56. The lowest BCUT2D eigenvalue weighted by molar-refractivity contribution is 0.0999. The van der Waals surface area contributed by atoms with Gasteiger partial charge in [0.05, 0.1) is 5.60 Å². The van der Waals surface area contributed by atoms with E-state index < -0.39 is 5.60 Å². The molecule has 0 aliphatic carbocycles. The van der Waals surface area contributed by atoms with Crippen LogP contribution in [0.3, 0.4) is 0 Å². The second-order valence-electron chi connectivity index (χ2n) is 3.37. The summed E-state index contributed by atoms with van der Waals surface area (Å²) in [5, 5.41) is 9.49. The fraction of sp³-hybridized carbons (Fsp3) is 0.600. The number of rotatable bonds is 5. The largest absolute Gasteiger partial charge is 0.386 e. The van der Waals surface area contributed by atoms with Crippen molar-refractivity contribution in [2.75, 3.05) is 0 Å². The van der Waals surface area contributed by atoms with Crippen LogP contribution < -0.4 is 0 Å². The molecule has 0 heterocycles. The van der Waals surface area contributed by atoms with Crippen molar-refractivity contribution in [1.29, 1.82) is 0 Å². The second-order valence-corrected chi connectivity index (χ2v) is 3.37. The molecule has 0 aromatic rings. The van der Waals surface area contributed by atoms with Crippen molar-refractivity contribution >= 4 is 0 Å². The number of aliphatic hydroxyl groups is 1. The van der Waals surface area contributed by atoms with Crippen molar-refractivity contribution < 1.29 is 5.11 Å². The highest BCUT2D eigenvalue weighted by Crippen LogP contribution is 2.15. The van der Waals surface area contributed by atoms with Gasteiger partial charge in [-0.25, -0.2) is 0 Å². The molecule has 0 spiro atoms. The Labute approximate surface area is 69.4 Å². The number of hydrogen-bond acceptors (Lipinski definition) is 1. The summed E-state index contributed by atoms with van der Waals surface area (Å²) in [7, 11) is 0. The predicted molar refractivity (Wildman–Crippen MR) is 49.5 cm³/mol. The molecular weight excluding hydrogens is 136 g/mol. The highest BCUT2D eigenvalue weighted by Gasteiger charge is 2.13. The molecule has 11 heavy (non-hydrogen) atoms. The van der Waals surface area contributed by atoms with Crippen molar-refractivity contribution in [2.24, 2.45) is 0 Å². The van der Waals surface area contributed by atoms with Gasteiger partial charge >= 0.3 is 0 Å². The topological polar surface area (TPSA) is 20.2 Å². The molecular formula is C10H18O. The Bertz CT molecular complexity index is 145. The first-order chi connectivity index (χ1) is 4.98. The van der Waals surface area contributed by atoms with Crippen LogP contribution in [0.1, 0.15) is 33.1 Å². The maximum atomic E-state index is 9.49. The van der Waals surface area contributed by atoms with E-state index in [0.717, 1.165) is 19.3 Å². The van der Waals surface area contributed by atoms with Gasteiger partial charge in [0.1, 0.15) is 0 Å². The van der Waals surface area contributed by atoms with E-state index >= 15 is 0 Å². The summed E-state index contributed by atoms with van der Waals surface area (Å²) in [6, 6.07) is 0. The van der Waals surface area contributed by atoms with Crippen LogP contribution in [0.2, 0.25) is 0 Å². The quantitative estimate of drug-likeness (QED) is 0.604. The monoisotopic (exact) mass is 154 g/mol. The lowest BCUT2D eigenvalue weighted by Gasteiger charge is -2.17. The Morgan fingerprint density at radius 2 is 2.18 bits per heavy atom. The van der Waals surface area contributed by atoms with Gasteiger partial charge in [-0.3, -0.25) is 0 Å². The Hall–Kier alpha value is -0.560. The first kappa shape index (κ1) is 10.4. The minimum absolute atomic E-state index is 0.699. The molecule has 1 atom stereocenters. The molecule has 1 heteroatoms. The van der Waals surface area contributed by atoms with Gasteiger partial charge in [0.2, 0.25) is 0 Å². The summed E-state index contributed by atoms with van der Waals surface area (Å²) in [4.78, 5) is 0. The van der Waals surface area contributed by atoms with Gasteiger partial charge in [-0.15, -0.1) is 13.2 Å². The van der Waals surface area contributed by atoms with Gasteiger partial charge in [0.15, 0.2) is 0 Å². The summed E-state index contributed by atoms with van der Waals surface area (Å²) in [5.41, 5.74) is 0.472. The highest BCUT2D eigenvalue weighted by molar-refractivity contribution is 4.94. The zero-order valence-corrected chi connectivity index (χ0v) is 7.56. The van der Waals surface area contributed by atoms with Gasteiger partial charge in [-0.2, -0.15) is 0 Å². The molecule has 0 aromatic heterocycles. The van der Waals surface area contributed by atoms with Crippen LogP contribution >= 0.6 is 0 Å². The Kier molecular flexibility index (Phi) is 4.12. The zero-order chi connectivity index (χ0) is 8.91. The molecule has 0 unspecified atom stereocenters. The van der Waals surface area contributed by atoms with E-state index in [9.17, 15) is 5.11 Å². The summed E-state index contributed by atoms with van der Waals surface area (Å²) < 4.78 is 0. The summed E-state index contributed by atoms with van der Waals surface area (Å²) in [6.07, 6.45) is 4.33.